The van der Waals surface area contributed by atoms with Gasteiger partial charge in [0.1, 0.15) is 4.90 Å². The molecule has 162 valence electrons. The number of carbonyl (C=O) groups is 1. The number of benzene rings is 3. The molecule has 0 aromatic heterocycles. The molecule has 0 spiro atoms. The maximum atomic E-state index is 12.9. The Labute approximate surface area is 188 Å². The summed E-state index contributed by atoms with van der Waals surface area (Å²) in [4.78, 5) is 12.5. The monoisotopic (exact) mass is 456 g/mol. The third kappa shape index (κ3) is 5.66. The van der Waals surface area contributed by atoms with E-state index in [4.69, 9.17) is 11.6 Å². The molecule has 0 aliphatic carbocycles. The first-order valence-electron chi connectivity index (χ1n) is 9.90. The van der Waals surface area contributed by atoms with Gasteiger partial charge in [0.05, 0.1) is 5.02 Å². The van der Waals surface area contributed by atoms with E-state index in [1.807, 2.05) is 57.2 Å². The average molecular weight is 457 g/mol. The van der Waals surface area contributed by atoms with Gasteiger partial charge >= 0.3 is 0 Å². The zero-order valence-electron chi connectivity index (χ0n) is 17.6. The summed E-state index contributed by atoms with van der Waals surface area (Å²) in [5, 5.41) is 2.91. The topological polar surface area (TPSA) is 75.3 Å². The molecule has 0 unspecified atom stereocenters. The van der Waals surface area contributed by atoms with Gasteiger partial charge in [-0.15, -0.1) is 0 Å². The fraction of sp³-hybridized carbons (Fsp3) is 0.208. The molecule has 3 aromatic carbocycles. The molecule has 3 rings (SSSR count). The second kappa shape index (κ2) is 9.54. The minimum absolute atomic E-state index is 0.0468. The van der Waals surface area contributed by atoms with Gasteiger partial charge in [-0.1, -0.05) is 54.9 Å². The summed E-state index contributed by atoms with van der Waals surface area (Å²) in [6, 6.07) is 19.4. The molecular weight excluding hydrogens is 432 g/mol. The zero-order valence-corrected chi connectivity index (χ0v) is 19.2. The third-order valence-corrected chi connectivity index (χ3v) is 7.04. The second-order valence-electron chi connectivity index (χ2n) is 7.57. The molecule has 31 heavy (non-hydrogen) atoms. The third-order valence-electron chi connectivity index (χ3n) is 5.18. The van der Waals surface area contributed by atoms with Gasteiger partial charge < -0.3 is 5.32 Å². The van der Waals surface area contributed by atoms with Crippen molar-refractivity contribution >= 4 is 33.2 Å². The Balaban J connectivity index is 1.77. The van der Waals surface area contributed by atoms with E-state index in [-0.39, 0.29) is 27.3 Å². The first kappa shape index (κ1) is 22.8. The van der Waals surface area contributed by atoms with Gasteiger partial charge in [-0.05, 0) is 66.8 Å². The molecule has 3 aromatic rings. The van der Waals surface area contributed by atoms with E-state index < -0.39 is 10.0 Å². The van der Waals surface area contributed by atoms with Crippen molar-refractivity contribution in [3.05, 3.63) is 94.0 Å². The summed E-state index contributed by atoms with van der Waals surface area (Å²) in [6.07, 6.45) is 0. The highest BCUT2D eigenvalue weighted by molar-refractivity contribution is 7.92. The Morgan fingerprint density at radius 1 is 0.968 bits per heavy atom. The predicted octanol–water partition coefficient (Wildman–Crippen LogP) is 5.29. The van der Waals surface area contributed by atoms with Crippen LogP contribution in [0.2, 0.25) is 5.02 Å². The number of nitrogens with one attached hydrogen (secondary N) is 2. The van der Waals surface area contributed by atoms with Crippen LogP contribution in [0.25, 0.3) is 0 Å². The normalized spacial score (nSPS) is 12.3. The average Bonchev–Trinajstić information content (AvgIpc) is 2.75. The number of anilines is 1. The summed E-state index contributed by atoms with van der Waals surface area (Å²) in [5.41, 5.74) is 3.80. The molecular formula is C24H25ClN2O3S. The summed E-state index contributed by atoms with van der Waals surface area (Å²) >= 11 is 6.16. The maximum absolute atomic E-state index is 12.9. The summed E-state index contributed by atoms with van der Waals surface area (Å²) in [5.74, 6) is -0.242. The lowest BCUT2D eigenvalue weighted by molar-refractivity contribution is 0.0951. The van der Waals surface area contributed by atoms with E-state index in [9.17, 15) is 13.2 Å². The molecule has 0 saturated heterocycles. The Bertz CT molecular complexity index is 1190. The van der Waals surface area contributed by atoms with Crippen molar-refractivity contribution in [3.8, 4) is 0 Å². The summed E-state index contributed by atoms with van der Waals surface area (Å²) in [6.45, 7) is 6.29. The van der Waals surface area contributed by atoms with Gasteiger partial charge in [0.25, 0.3) is 15.9 Å². The number of aryl methyl sites for hydroxylation is 2. The highest BCUT2D eigenvalue weighted by atomic mass is 35.5. The molecule has 0 saturated carbocycles. The molecule has 0 fully saturated rings. The molecule has 0 aliphatic rings. The van der Waals surface area contributed by atoms with Crippen LogP contribution in [0.1, 0.15) is 39.9 Å². The first-order chi connectivity index (χ1) is 14.7. The summed E-state index contributed by atoms with van der Waals surface area (Å²) < 4.78 is 28.4. The van der Waals surface area contributed by atoms with Crippen LogP contribution in [-0.2, 0) is 10.0 Å². The molecule has 7 heteroatoms. The number of hydrogen-bond acceptors (Lipinski definition) is 3. The van der Waals surface area contributed by atoms with Gasteiger partial charge in [0.2, 0.25) is 0 Å². The molecule has 0 aliphatic heterocycles. The van der Waals surface area contributed by atoms with E-state index in [0.29, 0.717) is 12.2 Å². The number of amides is 1. The molecule has 0 radical (unpaired) electrons. The van der Waals surface area contributed by atoms with Crippen molar-refractivity contribution in [2.24, 2.45) is 0 Å². The van der Waals surface area contributed by atoms with Crippen LogP contribution in [-0.4, -0.2) is 20.9 Å². The van der Waals surface area contributed by atoms with Gasteiger partial charge in [-0.25, -0.2) is 8.42 Å². The number of rotatable bonds is 7. The van der Waals surface area contributed by atoms with E-state index in [1.54, 1.807) is 12.1 Å². The van der Waals surface area contributed by atoms with E-state index in [1.165, 1.54) is 18.2 Å². The van der Waals surface area contributed by atoms with Crippen LogP contribution in [0.4, 0.5) is 5.69 Å². The zero-order chi connectivity index (χ0) is 22.6. The van der Waals surface area contributed by atoms with Crippen LogP contribution >= 0.6 is 11.6 Å². The highest BCUT2D eigenvalue weighted by Gasteiger charge is 2.21. The molecule has 0 heterocycles. The lowest BCUT2D eigenvalue weighted by Crippen LogP contribution is -2.27. The molecule has 1 amide bonds. The number of hydrogen-bond donors (Lipinski definition) is 2. The fourth-order valence-corrected chi connectivity index (χ4v) is 4.69. The minimum atomic E-state index is -3.97. The van der Waals surface area contributed by atoms with E-state index in [0.717, 1.165) is 16.7 Å². The quantitative estimate of drug-likeness (QED) is 0.507. The van der Waals surface area contributed by atoms with Crippen LogP contribution in [0.3, 0.4) is 0 Å². The highest BCUT2D eigenvalue weighted by Crippen LogP contribution is 2.26. The van der Waals surface area contributed by atoms with Gasteiger partial charge in [0, 0.05) is 17.8 Å². The fourth-order valence-electron chi connectivity index (χ4n) is 3.11. The van der Waals surface area contributed by atoms with E-state index >= 15 is 0 Å². The Hall–Kier alpha value is -2.83. The van der Waals surface area contributed by atoms with Crippen molar-refractivity contribution in [3.63, 3.8) is 0 Å². The molecule has 0 bridgehead atoms. The molecule has 1 atom stereocenters. The lowest BCUT2D eigenvalue weighted by Gasteiger charge is -2.14. The van der Waals surface area contributed by atoms with Crippen LogP contribution in [0, 0.1) is 13.8 Å². The smallest absolute Gasteiger partial charge is 0.263 e. The van der Waals surface area contributed by atoms with Crippen molar-refractivity contribution in [2.75, 3.05) is 11.3 Å². The van der Waals surface area contributed by atoms with Crippen molar-refractivity contribution < 1.29 is 13.2 Å². The SMILES string of the molecule is Cc1ccc(NS(=O)(=O)c2cc(C(=O)NC[C@@H](C)c3ccccc3)ccc2Cl)cc1C. The van der Waals surface area contributed by atoms with E-state index in [2.05, 4.69) is 10.0 Å². The largest absolute Gasteiger partial charge is 0.351 e. The predicted molar refractivity (Wildman–Crippen MR) is 125 cm³/mol. The van der Waals surface area contributed by atoms with Crippen molar-refractivity contribution in [1.82, 2.24) is 5.32 Å². The first-order valence-corrected chi connectivity index (χ1v) is 11.8. The van der Waals surface area contributed by atoms with Crippen molar-refractivity contribution in [2.45, 2.75) is 31.6 Å². The number of carbonyl (C=O) groups excluding carboxylic acids is 1. The Morgan fingerprint density at radius 2 is 1.68 bits per heavy atom. The standard InChI is InChI=1S/C24H25ClN2O3S/c1-16-9-11-21(13-17(16)2)27-31(29,30)23-14-20(10-12-22(23)25)24(28)26-15-18(3)19-7-5-4-6-8-19/h4-14,18,27H,15H2,1-3H3,(H,26,28)/t18-/m1/s1. The molecule has 5 nitrogen and oxygen atoms in total. The molecule has 2 N–H and O–H groups in total. The van der Waals surface area contributed by atoms with Crippen LogP contribution in [0.5, 0.6) is 0 Å². The Kier molecular flexibility index (Phi) is 7.03. The van der Waals surface area contributed by atoms with Crippen LogP contribution in [0.15, 0.2) is 71.6 Å². The summed E-state index contributed by atoms with van der Waals surface area (Å²) in [7, 11) is -3.97. The van der Waals surface area contributed by atoms with Crippen molar-refractivity contribution in [1.29, 1.82) is 0 Å². The van der Waals surface area contributed by atoms with Gasteiger partial charge in [-0.2, -0.15) is 0 Å². The minimum Gasteiger partial charge on any atom is -0.351 e. The second-order valence-corrected chi connectivity index (χ2v) is 9.63. The Morgan fingerprint density at radius 3 is 2.35 bits per heavy atom. The van der Waals surface area contributed by atoms with Gasteiger partial charge in [-0.3, -0.25) is 9.52 Å². The number of sulfonamides is 1. The number of halogens is 1. The van der Waals surface area contributed by atoms with Gasteiger partial charge in [0.15, 0.2) is 0 Å². The lowest BCUT2D eigenvalue weighted by atomic mass is 10.0. The van der Waals surface area contributed by atoms with Crippen LogP contribution < -0.4 is 10.0 Å². The maximum Gasteiger partial charge on any atom is 0.263 e.